The number of nitrogens with zero attached hydrogens (tertiary/aromatic N) is 1. The van der Waals surface area contributed by atoms with E-state index in [1.54, 1.807) is 18.2 Å². The fourth-order valence-electron chi connectivity index (χ4n) is 1.07. The summed E-state index contributed by atoms with van der Waals surface area (Å²) in [5.74, 6) is 0.400. The molecule has 12 heavy (non-hydrogen) atoms. The quantitative estimate of drug-likeness (QED) is 0.639. The SMILES string of the molecule is N#Cc1cc2ccc(O)cc2o1. The van der Waals surface area contributed by atoms with Crippen molar-refractivity contribution in [1.29, 1.82) is 5.26 Å². The lowest BCUT2D eigenvalue weighted by Gasteiger charge is -1.88. The van der Waals surface area contributed by atoms with Crippen molar-refractivity contribution < 1.29 is 9.52 Å². The highest BCUT2D eigenvalue weighted by atomic mass is 16.3. The van der Waals surface area contributed by atoms with Gasteiger partial charge in [-0.1, -0.05) is 0 Å². The van der Waals surface area contributed by atoms with Crippen molar-refractivity contribution in [2.24, 2.45) is 0 Å². The van der Waals surface area contributed by atoms with Crippen molar-refractivity contribution in [3.05, 3.63) is 30.0 Å². The number of aromatic hydroxyl groups is 1. The van der Waals surface area contributed by atoms with Crippen LogP contribution >= 0.6 is 0 Å². The van der Waals surface area contributed by atoms with Crippen LogP contribution in [0.25, 0.3) is 11.0 Å². The summed E-state index contributed by atoms with van der Waals surface area (Å²) >= 11 is 0. The zero-order valence-corrected chi connectivity index (χ0v) is 6.11. The third-order valence-electron chi connectivity index (χ3n) is 1.61. The van der Waals surface area contributed by atoms with Crippen molar-refractivity contribution in [2.45, 2.75) is 0 Å². The second-order valence-corrected chi connectivity index (χ2v) is 2.44. The van der Waals surface area contributed by atoms with Crippen LogP contribution in [0.5, 0.6) is 5.75 Å². The number of furan rings is 1. The van der Waals surface area contributed by atoms with Gasteiger partial charge in [-0.25, -0.2) is 0 Å². The number of hydrogen-bond donors (Lipinski definition) is 1. The second-order valence-electron chi connectivity index (χ2n) is 2.44. The number of hydrogen-bond acceptors (Lipinski definition) is 3. The molecule has 0 spiro atoms. The fraction of sp³-hybridized carbons (Fsp3) is 0. The lowest BCUT2D eigenvalue weighted by Crippen LogP contribution is -1.62. The van der Waals surface area contributed by atoms with E-state index < -0.39 is 0 Å². The summed E-state index contributed by atoms with van der Waals surface area (Å²) in [6.07, 6.45) is 0. The van der Waals surface area contributed by atoms with E-state index in [0.717, 1.165) is 5.39 Å². The second kappa shape index (κ2) is 2.28. The van der Waals surface area contributed by atoms with Crippen molar-refractivity contribution >= 4 is 11.0 Å². The molecule has 2 aromatic rings. The van der Waals surface area contributed by atoms with E-state index in [1.165, 1.54) is 6.07 Å². The van der Waals surface area contributed by atoms with Crippen LogP contribution in [0, 0.1) is 11.3 Å². The molecular formula is C9H5NO2. The minimum atomic E-state index is 0.140. The molecule has 0 aliphatic heterocycles. The summed E-state index contributed by atoms with van der Waals surface area (Å²) in [6.45, 7) is 0. The Morgan fingerprint density at radius 2 is 2.17 bits per heavy atom. The van der Waals surface area contributed by atoms with Gasteiger partial charge in [0.15, 0.2) is 0 Å². The largest absolute Gasteiger partial charge is 0.508 e. The van der Waals surface area contributed by atoms with Gasteiger partial charge in [0.2, 0.25) is 5.76 Å². The number of phenols is 1. The fourth-order valence-corrected chi connectivity index (χ4v) is 1.07. The molecule has 58 valence electrons. The average Bonchev–Trinajstić information content (AvgIpc) is 2.46. The maximum atomic E-state index is 9.07. The molecule has 0 unspecified atom stereocenters. The third kappa shape index (κ3) is 0.903. The molecule has 0 aliphatic rings. The van der Waals surface area contributed by atoms with Gasteiger partial charge in [-0.2, -0.15) is 5.26 Å². The summed E-state index contributed by atoms with van der Waals surface area (Å²) < 4.78 is 5.08. The molecular weight excluding hydrogens is 154 g/mol. The van der Waals surface area contributed by atoms with Gasteiger partial charge in [-0.3, -0.25) is 0 Å². The summed E-state index contributed by atoms with van der Waals surface area (Å²) in [5.41, 5.74) is 0.534. The molecule has 0 fully saturated rings. The Morgan fingerprint density at radius 1 is 1.33 bits per heavy atom. The molecule has 3 heteroatoms. The molecule has 1 heterocycles. The number of benzene rings is 1. The van der Waals surface area contributed by atoms with Gasteiger partial charge in [-0.05, 0) is 12.1 Å². The molecule has 0 amide bonds. The predicted molar refractivity (Wildman–Crippen MR) is 42.6 cm³/mol. The van der Waals surface area contributed by atoms with Gasteiger partial charge < -0.3 is 9.52 Å². The third-order valence-corrected chi connectivity index (χ3v) is 1.61. The summed E-state index contributed by atoms with van der Waals surface area (Å²) in [6, 6.07) is 8.26. The van der Waals surface area contributed by atoms with E-state index >= 15 is 0 Å². The van der Waals surface area contributed by atoms with Crippen molar-refractivity contribution in [3.8, 4) is 11.8 Å². The minimum absolute atomic E-state index is 0.140. The van der Waals surface area contributed by atoms with E-state index in [4.69, 9.17) is 14.8 Å². The van der Waals surface area contributed by atoms with Gasteiger partial charge >= 0.3 is 0 Å². The first-order valence-electron chi connectivity index (χ1n) is 3.42. The number of phenolic OH excluding ortho intramolecular Hbond substituents is 1. The zero-order chi connectivity index (χ0) is 8.55. The van der Waals surface area contributed by atoms with Gasteiger partial charge in [0.1, 0.15) is 17.4 Å². The Hall–Kier alpha value is -1.95. The van der Waals surface area contributed by atoms with Crippen molar-refractivity contribution in [2.75, 3.05) is 0 Å². The van der Waals surface area contributed by atoms with Crippen LogP contribution in [0.2, 0.25) is 0 Å². The topological polar surface area (TPSA) is 57.2 Å². The maximum Gasteiger partial charge on any atom is 0.204 e. The molecule has 0 saturated heterocycles. The molecule has 0 aliphatic carbocycles. The molecule has 1 aromatic heterocycles. The highest BCUT2D eigenvalue weighted by Crippen LogP contribution is 2.22. The molecule has 0 atom stereocenters. The molecule has 1 aromatic carbocycles. The maximum absolute atomic E-state index is 9.07. The molecule has 2 rings (SSSR count). The summed E-state index contributed by atoms with van der Waals surface area (Å²) in [5, 5.41) is 18.4. The smallest absolute Gasteiger partial charge is 0.204 e. The lowest BCUT2D eigenvalue weighted by atomic mass is 10.2. The predicted octanol–water partition coefficient (Wildman–Crippen LogP) is 2.01. The van der Waals surface area contributed by atoms with Gasteiger partial charge in [0.25, 0.3) is 0 Å². The van der Waals surface area contributed by atoms with Crippen LogP contribution in [0.1, 0.15) is 5.76 Å². The van der Waals surface area contributed by atoms with E-state index in [2.05, 4.69) is 0 Å². The summed E-state index contributed by atoms with van der Waals surface area (Å²) in [7, 11) is 0. The molecule has 0 saturated carbocycles. The standard InChI is InChI=1S/C9H5NO2/c10-5-8-3-6-1-2-7(11)4-9(6)12-8/h1-4,11H. The Labute approximate surface area is 68.5 Å². The number of nitriles is 1. The highest BCUT2D eigenvalue weighted by Gasteiger charge is 2.02. The Kier molecular flexibility index (Phi) is 1.28. The normalized spacial score (nSPS) is 9.92. The van der Waals surface area contributed by atoms with E-state index in [1.807, 2.05) is 6.07 Å². The Balaban J connectivity index is 2.77. The molecule has 0 radical (unpaired) electrons. The van der Waals surface area contributed by atoms with E-state index in [0.29, 0.717) is 5.58 Å². The van der Waals surface area contributed by atoms with Crippen LogP contribution in [0.3, 0.4) is 0 Å². The number of fused-ring (bicyclic) bond motifs is 1. The van der Waals surface area contributed by atoms with Gasteiger partial charge in [0, 0.05) is 17.5 Å². The van der Waals surface area contributed by atoms with Crippen LogP contribution in [0.4, 0.5) is 0 Å². The summed E-state index contributed by atoms with van der Waals surface area (Å²) in [4.78, 5) is 0. The molecule has 1 N–H and O–H groups in total. The van der Waals surface area contributed by atoms with Crippen LogP contribution < -0.4 is 0 Å². The average molecular weight is 159 g/mol. The first-order chi connectivity index (χ1) is 5.79. The van der Waals surface area contributed by atoms with Crippen molar-refractivity contribution in [3.63, 3.8) is 0 Å². The van der Waals surface area contributed by atoms with Gasteiger partial charge in [0.05, 0.1) is 0 Å². The number of rotatable bonds is 0. The van der Waals surface area contributed by atoms with Crippen molar-refractivity contribution in [1.82, 2.24) is 0 Å². The highest BCUT2D eigenvalue weighted by molar-refractivity contribution is 5.79. The monoisotopic (exact) mass is 159 g/mol. The zero-order valence-electron chi connectivity index (χ0n) is 6.11. The molecule has 3 nitrogen and oxygen atoms in total. The van der Waals surface area contributed by atoms with Crippen LogP contribution in [0.15, 0.2) is 28.7 Å². The Morgan fingerprint density at radius 3 is 2.92 bits per heavy atom. The minimum Gasteiger partial charge on any atom is -0.508 e. The van der Waals surface area contributed by atoms with Crippen LogP contribution in [-0.4, -0.2) is 5.11 Å². The van der Waals surface area contributed by atoms with Gasteiger partial charge in [-0.15, -0.1) is 0 Å². The van der Waals surface area contributed by atoms with E-state index in [-0.39, 0.29) is 11.5 Å². The lowest BCUT2D eigenvalue weighted by molar-refractivity contribution is 0.474. The first-order valence-corrected chi connectivity index (χ1v) is 3.42. The van der Waals surface area contributed by atoms with Crippen LogP contribution in [-0.2, 0) is 0 Å². The Bertz CT molecular complexity index is 465. The van der Waals surface area contributed by atoms with E-state index in [9.17, 15) is 0 Å². The molecule has 0 bridgehead atoms. The first kappa shape index (κ1) is 6.74.